The van der Waals surface area contributed by atoms with Crippen LogP contribution in [-0.2, 0) is 13.1 Å². The number of benzene rings is 1. The van der Waals surface area contributed by atoms with E-state index in [2.05, 4.69) is 52.7 Å². The minimum Gasteiger partial charge on any atom is -0.308 e. The molecular formula is C16H20N6. The van der Waals surface area contributed by atoms with Gasteiger partial charge in [-0.1, -0.05) is 12.1 Å². The fourth-order valence-corrected chi connectivity index (χ4v) is 2.31. The van der Waals surface area contributed by atoms with Gasteiger partial charge in [-0.25, -0.2) is 9.67 Å². The Hall–Kier alpha value is -2.47. The molecule has 114 valence electrons. The van der Waals surface area contributed by atoms with E-state index in [4.69, 9.17) is 0 Å². The lowest BCUT2D eigenvalue weighted by Crippen LogP contribution is -2.30. The zero-order chi connectivity index (χ0) is 15.4. The molecule has 0 saturated heterocycles. The fourth-order valence-electron chi connectivity index (χ4n) is 2.31. The fraction of sp³-hybridized carbons (Fsp3) is 0.312. The van der Waals surface area contributed by atoms with E-state index in [0.29, 0.717) is 6.04 Å². The first-order valence-corrected chi connectivity index (χ1v) is 7.37. The van der Waals surface area contributed by atoms with Gasteiger partial charge in [0.25, 0.3) is 0 Å². The monoisotopic (exact) mass is 296 g/mol. The molecule has 3 rings (SSSR count). The van der Waals surface area contributed by atoms with E-state index in [1.165, 1.54) is 17.5 Å². The highest BCUT2D eigenvalue weighted by Crippen LogP contribution is 2.08. The first kappa shape index (κ1) is 14.5. The second kappa shape index (κ2) is 6.53. The van der Waals surface area contributed by atoms with E-state index in [1.807, 2.05) is 23.0 Å². The number of nitrogens with one attached hydrogen (secondary N) is 1. The van der Waals surface area contributed by atoms with Crippen molar-refractivity contribution in [1.29, 1.82) is 0 Å². The van der Waals surface area contributed by atoms with E-state index in [1.54, 1.807) is 11.0 Å². The highest BCUT2D eigenvalue weighted by atomic mass is 15.3. The van der Waals surface area contributed by atoms with Crippen LogP contribution < -0.4 is 5.32 Å². The van der Waals surface area contributed by atoms with Crippen molar-refractivity contribution in [2.45, 2.75) is 33.0 Å². The molecule has 1 aromatic carbocycles. The third-order valence-corrected chi connectivity index (χ3v) is 3.50. The van der Waals surface area contributed by atoms with E-state index in [-0.39, 0.29) is 0 Å². The first-order chi connectivity index (χ1) is 10.7. The number of aryl methyl sites for hydroxylation is 1. The van der Waals surface area contributed by atoms with Gasteiger partial charge in [0.05, 0.1) is 18.4 Å². The topological polar surface area (TPSA) is 60.6 Å². The van der Waals surface area contributed by atoms with Crippen LogP contribution in [0.15, 0.2) is 49.3 Å². The molecule has 0 aliphatic carbocycles. The van der Waals surface area contributed by atoms with Crippen LogP contribution in [0.25, 0.3) is 5.69 Å². The lowest BCUT2D eigenvalue weighted by Gasteiger charge is -2.14. The number of nitrogens with zero attached hydrogens (tertiary/aromatic N) is 5. The molecule has 0 aliphatic heterocycles. The van der Waals surface area contributed by atoms with E-state index in [0.717, 1.165) is 18.8 Å². The molecule has 22 heavy (non-hydrogen) atoms. The van der Waals surface area contributed by atoms with Gasteiger partial charge in [0, 0.05) is 18.8 Å². The molecule has 3 aromatic rings. The van der Waals surface area contributed by atoms with Gasteiger partial charge < -0.3 is 5.32 Å². The van der Waals surface area contributed by atoms with Crippen molar-refractivity contribution in [1.82, 2.24) is 29.9 Å². The number of rotatable bonds is 6. The molecule has 0 bridgehead atoms. The van der Waals surface area contributed by atoms with Crippen molar-refractivity contribution in [3.05, 3.63) is 60.4 Å². The smallest absolute Gasteiger partial charge is 0.138 e. The van der Waals surface area contributed by atoms with Crippen LogP contribution in [0.5, 0.6) is 0 Å². The van der Waals surface area contributed by atoms with Gasteiger partial charge in [0.2, 0.25) is 0 Å². The van der Waals surface area contributed by atoms with Gasteiger partial charge >= 0.3 is 0 Å². The van der Waals surface area contributed by atoms with Crippen LogP contribution in [0.1, 0.15) is 18.1 Å². The standard InChI is InChI=1S/C16H20N6/c1-13-7-19-21(9-13)10-14(2)18-8-15-3-5-16(6-4-15)22-12-17-11-20-22/h3-7,9,11-12,14,18H,8,10H2,1-2H3/t14-/m0/s1. The molecule has 1 N–H and O–H groups in total. The van der Waals surface area contributed by atoms with E-state index < -0.39 is 0 Å². The molecular weight excluding hydrogens is 276 g/mol. The molecule has 1 atom stereocenters. The summed E-state index contributed by atoms with van der Waals surface area (Å²) in [6.45, 7) is 5.92. The third kappa shape index (κ3) is 3.59. The molecule has 0 unspecified atom stereocenters. The molecule has 0 saturated carbocycles. The van der Waals surface area contributed by atoms with Crippen molar-refractivity contribution in [2.75, 3.05) is 0 Å². The maximum atomic E-state index is 4.31. The number of hydrogen-bond acceptors (Lipinski definition) is 4. The van der Waals surface area contributed by atoms with Crippen LogP contribution in [0.3, 0.4) is 0 Å². The van der Waals surface area contributed by atoms with Crippen molar-refractivity contribution >= 4 is 0 Å². The van der Waals surface area contributed by atoms with Gasteiger partial charge in [-0.3, -0.25) is 4.68 Å². The lowest BCUT2D eigenvalue weighted by molar-refractivity contribution is 0.450. The zero-order valence-electron chi connectivity index (χ0n) is 12.8. The summed E-state index contributed by atoms with van der Waals surface area (Å²) in [7, 11) is 0. The Morgan fingerprint density at radius 1 is 1.18 bits per heavy atom. The Morgan fingerprint density at radius 3 is 2.64 bits per heavy atom. The predicted molar refractivity (Wildman–Crippen MR) is 84.6 cm³/mol. The van der Waals surface area contributed by atoms with Crippen molar-refractivity contribution in [3.63, 3.8) is 0 Å². The maximum absolute atomic E-state index is 4.31. The van der Waals surface area contributed by atoms with Crippen LogP contribution >= 0.6 is 0 Å². The SMILES string of the molecule is Cc1cnn(C[C@H](C)NCc2ccc(-n3cncn3)cc2)c1. The van der Waals surface area contributed by atoms with E-state index >= 15 is 0 Å². The van der Waals surface area contributed by atoms with Gasteiger partial charge in [-0.15, -0.1) is 0 Å². The van der Waals surface area contributed by atoms with Crippen molar-refractivity contribution < 1.29 is 0 Å². The Morgan fingerprint density at radius 2 is 2.00 bits per heavy atom. The third-order valence-electron chi connectivity index (χ3n) is 3.50. The molecule has 6 nitrogen and oxygen atoms in total. The van der Waals surface area contributed by atoms with Crippen LogP contribution in [0, 0.1) is 6.92 Å². The minimum absolute atomic E-state index is 0.356. The maximum Gasteiger partial charge on any atom is 0.138 e. The molecule has 0 fully saturated rings. The normalized spacial score (nSPS) is 12.5. The highest BCUT2D eigenvalue weighted by molar-refractivity contribution is 5.33. The number of hydrogen-bond donors (Lipinski definition) is 1. The summed E-state index contributed by atoms with van der Waals surface area (Å²) in [5.74, 6) is 0. The second-order valence-corrected chi connectivity index (χ2v) is 5.53. The van der Waals surface area contributed by atoms with Gasteiger partial charge in [-0.05, 0) is 37.1 Å². The average molecular weight is 296 g/mol. The largest absolute Gasteiger partial charge is 0.308 e. The quantitative estimate of drug-likeness (QED) is 0.755. The summed E-state index contributed by atoms with van der Waals surface area (Å²) in [6, 6.07) is 8.67. The van der Waals surface area contributed by atoms with E-state index in [9.17, 15) is 0 Å². The van der Waals surface area contributed by atoms with Gasteiger partial charge in [0.1, 0.15) is 12.7 Å². The highest BCUT2D eigenvalue weighted by Gasteiger charge is 2.04. The summed E-state index contributed by atoms with van der Waals surface area (Å²) >= 11 is 0. The molecule has 0 amide bonds. The summed E-state index contributed by atoms with van der Waals surface area (Å²) in [5, 5.41) is 11.9. The summed E-state index contributed by atoms with van der Waals surface area (Å²) < 4.78 is 3.72. The molecule has 2 heterocycles. The average Bonchev–Trinajstić information content (AvgIpc) is 3.18. The summed E-state index contributed by atoms with van der Waals surface area (Å²) in [6.07, 6.45) is 7.18. The Balaban J connectivity index is 1.53. The van der Waals surface area contributed by atoms with Gasteiger partial charge in [0.15, 0.2) is 0 Å². The summed E-state index contributed by atoms with van der Waals surface area (Å²) in [5.41, 5.74) is 3.45. The van der Waals surface area contributed by atoms with Crippen LogP contribution in [0.2, 0.25) is 0 Å². The van der Waals surface area contributed by atoms with Gasteiger partial charge in [-0.2, -0.15) is 10.2 Å². The Labute approximate surface area is 129 Å². The second-order valence-electron chi connectivity index (χ2n) is 5.53. The Kier molecular flexibility index (Phi) is 4.29. The molecule has 0 radical (unpaired) electrons. The predicted octanol–water partition coefficient (Wildman–Crippen LogP) is 1.95. The molecule has 0 spiro atoms. The van der Waals surface area contributed by atoms with Crippen molar-refractivity contribution in [3.8, 4) is 5.69 Å². The first-order valence-electron chi connectivity index (χ1n) is 7.37. The minimum atomic E-state index is 0.356. The Bertz CT molecular complexity index is 699. The molecule has 2 aromatic heterocycles. The van der Waals surface area contributed by atoms with Crippen molar-refractivity contribution in [2.24, 2.45) is 0 Å². The molecule has 6 heteroatoms. The van der Waals surface area contributed by atoms with Crippen LogP contribution in [-0.4, -0.2) is 30.6 Å². The lowest BCUT2D eigenvalue weighted by atomic mass is 10.2. The summed E-state index contributed by atoms with van der Waals surface area (Å²) in [4.78, 5) is 3.95. The zero-order valence-corrected chi connectivity index (χ0v) is 12.8. The molecule has 0 aliphatic rings. The van der Waals surface area contributed by atoms with Crippen LogP contribution in [0.4, 0.5) is 0 Å². The number of aromatic nitrogens is 5.